The molecule has 0 aromatic heterocycles. The molecular weight excluding hydrogens is 358 g/mol. The Morgan fingerprint density at radius 1 is 0.893 bits per heavy atom. The van der Waals surface area contributed by atoms with Crippen molar-refractivity contribution in [3.05, 3.63) is 53.6 Å². The maximum absolute atomic E-state index is 13.0. The fourth-order valence-corrected chi connectivity index (χ4v) is 3.50. The lowest BCUT2D eigenvalue weighted by atomic mass is 9.89. The molecule has 2 aromatic rings. The summed E-state index contributed by atoms with van der Waals surface area (Å²) in [4.78, 5) is 27.7. The summed E-state index contributed by atoms with van der Waals surface area (Å²) in [5, 5.41) is 0. The number of rotatable bonds is 6. The van der Waals surface area contributed by atoms with Crippen LogP contribution in [0.25, 0.3) is 0 Å². The number of carbonyl (C=O) groups is 2. The van der Waals surface area contributed by atoms with E-state index in [1.807, 2.05) is 6.07 Å². The highest BCUT2D eigenvalue weighted by Gasteiger charge is 2.30. The molecule has 2 aromatic carbocycles. The number of carbonyl (C=O) groups excluding carboxylic acids is 2. The van der Waals surface area contributed by atoms with Crippen molar-refractivity contribution in [2.75, 3.05) is 34.4 Å². The van der Waals surface area contributed by atoms with Crippen LogP contribution in [0, 0.1) is 5.92 Å². The molecule has 1 fully saturated rings. The van der Waals surface area contributed by atoms with Crippen molar-refractivity contribution in [1.29, 1.82) is 0 Å². The lowest BCUT2D eigenvalue weighted by molar-refractivity contribution is 0.0636. The zero-order valence-electron chi connectivity index (χ0n) is 16.4. The number of nitrogens with zero attached hydrogens (tertiary/aromatic N) is 1. The van der Waals surface area contributed by atoms with E-state index in [0.29, 0.717) is 41.5 Å². The smallest absolute Gasteiger partial charge is 0.254 e. The predicted molar refractivity (Wildman–Crippen MR) is 105 cm³/mol. The highest BCUT2D eigenvalue weighted by Crippen LogP contribution is 2.27. The summed E-state index contributed by atoms with van der Waals surface area (Å²) in [5.41, 5.74) is 1.10. The lowest BCUT2D eigenvalue weighted by Crippen LogP contribution is -2.42. The second kappa shape index (κ2) is 8.78. The van der Waals surface area contributed by atoms with Crippen molar-refractivity contribution in [3.63, 3.8) is 0 Å². The van der Waals surface area contributed by atoms with Gasteiger partial charge in [-0.25, -0.2) is 0 Å². The topological polar surface area (TPSA) is 65.1 Å². The molecule has 3 rings (SSSR count). The maximum atomic E-state index is 13.0. The number of hydrogen-bond acceptors (Lipinski definition) is 5. The van der Waals surface area contributed by atoms with E-state index in [-0.39, 0.29) is 17.6 Å². The summed E-state index contributed by atoms with van der Waals surface area (Å²) in [6.45, 7) is 1.02. The van der Waals surface area contributed by atoms with E-state index in [9.17, 15) is 9.59 Å². The average Bonchev–Trinajstić information content (AvgIpc) is 2.77. The molecule has 6 heteroatoms. The molecule has 0 radical (unpaired) electrons. The Morgan fingerprint density at radius 2 is 1.54 bits per heavy atom. The average molecular weight is 383 g/mol. The molecule has 28 heavy (non-hydrogen) atoms. The largest absolute Gasteiger partial charge is 0.497 e. The summed E-state index contributed by atoms with van der Waals surface area (Å²) < 4.78 is 15.7. The van der Waals surface area contributed by atoms with Crippen LogP contribution in [0.5, 0.6) is 17.2 Å². The summed E-state index contributed by atoms with van der Waals surface area (Å²) in [7, 11) is 4.67. The van der Waals surface area contributed by atoms with Gasteiger partial charge in [0.1, 0.15) is 17.2 Å². The minimum atomic E-state index is -0.225. The van der Waals surface area contributed by atoms with Gasteiger partial charge >= 0.3 is 0 Å². The van der Waals surface area contributed by atoms with Crippen molar-refractivity contribution < 1.29 is 23.8 Å². The van der Waals surface area contributed by atoms with Gasteiger partial charge in [-0.15, -0.1) is 0 Å². The van der Waals surface area contributed by atoms with E-state index in [0.717, 1.165) is 12.8 Å². The maximum Gasteiger partial charge on any atom is 0.254 e. The number of likely N-dealkylation sites (tertiary alicyclic amines) is 1. The Balaban J connectivity index is 1.77. The SMILES string of the molecule is COc1cccc(C(=O)C2CCCN(C(=O)c3cc(OC)cc(OC)c3)C2)c1. The van der Waals surface area contributed by atoms with E-state index in [1.54, 1.807) is 62.6 Å². The zero-order chi connectivity index (χ0) is 20.1. The molecule has 148 valence electrons. The standard InChI is InChI=1S/C22H25NO5/c1-26-18-8-4-6-15(10-18)21(24)16-7-5-9-23(14-16)22(25)17-11-19(27-2)13-20(12-17)28-3/h4,6,8,10-13,16H,5,7,9,14H2,1-3H3. The van der Waals surface area contributed by atoms with Gasteiger partial charge in [-0.05, 0) is 37.1 Å². The van der Waals surface area contributed by atoms with Crippen molar-refractivity contribution in [1.82, 2.24) is 4.90 Å². The zero-order valence-corrected chi connectivity index (χ0v) is 16.4. The Bertz CT molecular complexity index is 842. The number of benzene rings is 2. The molecule has 0 aliphatic carbocycles. The van der Waals surface area contributed by atoms with Gasteiger partial charge in [0, 0.05) is 36.2 Å². The number of hydrogen-bond donors (Lipinski definition) is 0. The van der Waals surface area contributed by atoms with Gasteiger partial charge < -0.3 is 19.1 Å². The van der Waals surface area contributed by atoms with E-state index in [4.69, 9.17) is 14.2 Å². The minimum Gasteiger partial charge on any atom is -0.497 e. The van der Waals surface area contributed by atoms with Crippen molar-refractivity contribution >= 4 is 11.7 Å². The predicted octanol–water partition coefficient (Wildman–Crippen LogP) is 3.45. The van der Waals surface area contributed by atoms with E-state index in [2.05, 4.69) is 0 Å². The Labute approximate surface area is 165 Å². The van der Waals surface area contributed by atoms with Gasteiger partial charge in [0.15, 0.2) is 5.78 Å². The van der Waals surface area contributed by atoms with E-state index >= 15 is 0 Å². The van der Waals surface area contributed by atoms with E-state index < -0.39 is 0 Å². The lowest BCUT2D eigenvalue weighted by Gasteiger charge is -2.32. The number of piperidine rings is 1. The molecule has 1 unspecified atom stereocenters. The molecule has 1 amide bonds. The fraction of sp³-hybridized carbons (Fsp3) is 0.364. The first-order valence-corrected chi connectivity index (χ1v) is 9.26. The summed E-state index contributed by atoms with van der Waals surface area (Å²) in [5.74, 6) is 1.46. The third kappa shape index (κ3) is 4.27. The highest BCUT2D eigenvalue weighted by molar-refractivity contribution is 5.99. The van der Waals surface area contributed by atoms with Gasteiger partial charge in [-0.3, -0.25) is 9.59 Å². The third-order valence-electron chi connectivity index (χ3n) is 5.03. The first kappa shape index (κ1) is 19.7. The Kier molecular flexibility index (Phi) is 6.19. The Hall–Kier alpha value is -3.02. The van der Waals surface area contributed by atoms with Crippen molar-refractivity contribution in [3.8, 4) is 17.2 Å². The molecular formula is C22H25NO5. The fourth-order valence-electron chi connectivity index (χ4n) is 3.50. The molecule has 1 aliphatic rings. The van der Waals surface area contributed by atoms with Crippen LogP contribution in [-0.4, -0.2) is 51.0 Å². The number of ether oxygens (including phenoxy) is 3. The van der Waals surface area contributed by atoms with Gasteiger partial charge in [-0.1, -0.05) is 12.1 Å². The molecule has 0 bridgehead atoms. The number of ketones is 1. The third-order valence-corrected chi connectivity index (χ3v) is 5.03. The van der Waals surface area contributed by atoms with Gasteiger partial charge in [0.05, 0.1) is 21.3 Å². The molecule has 1 aliphatic heterocycles. The molecule has 1 atom stereocenters. The minimum absolute atomic E-state index is 0.0413. The van der Waals surface area contributed by atoms with Crippen LogP contribution in [0.2, 0.25) is 0 Å². The summed E-state index contributed by atoms with van der Waals surface area (Å²) >= 11 is 0. The molecule has 1 saturated heterocycles. The highest BCUT2D eigenvalue weighted by atomic mass is 16.5. The van der Waals surface area contributed by atoms with Crippen LogP contribution in [0.3, 0.4) is 0 Å². The summed E-state index contributed by atoms with van der Waals surface area (Å²) in [6, 6.07) is 12.3. The van der Waals surface area contributed by atoms with E-state index in [1.165, 1.54) is 0 Å². The van der Waals surface area contributed by atoms with Crippen LogP contribution in [0.4, 0.5) is 0 Å². The number of Topliss-reactive ketones (excluding diaryl/α,β-unsaturated/α-hetero) is 1. The molecule has 1 heterocycles. The van der Waals surface area contributed by atoms with Crippen LogP contribution in [-0.2, 0) is 0 Å². The Morgan fingerprint density at radius 3 is 2.18 bits per heavy atom. The van der Waals surface area contributed by atoms with Crippen LogP contribution >= 0.6 is 0 Å². The molecule has 0 saturated carbocycles. The summed E-state index contributed by atoms with van der Waals surface area (Å²) in [6.07, 6.45) is 1.55. The van der Waals surface area contributed by atoms with Gasteiger partial charge in [-0.2, -0.15) is 0 Å². The van der Waals surface area contributed by atoms with Crippen LogP contribution in [0.1, 0.15) is 33.6 Å². The normalized spacial score (nSPS) is 16.4. The second-order valence-corrected chi connectivity index (χ2v) is 6.79. The van der Waals surface area contributed by atoms with Crippen LogP contribution < -0.4 is 14.2 Å². The second-order valence-electron chi connectivity index (χ2n) is 6.79. The van der Waals surface area contributed by atoms with Crippen LogP contribution in [0.15, 0.2) is 42.5 Å². The quantitative estimate of drug-likeness (QED) is 0.715. The molecule has 0 N–H and O–H groups in total. The number of methoxy groups -OCH3 is 3. The first-order chi connectivity index (χ1) is 13.5. The van der Waals surface area contributed by atoms with Crippen molar-refractivity contribution in [2.24, 2.45) is 5.92 Å². The van der Waals surface area contributed by atoms with Crippen molar-refractivity contribution in [2.45, 2.75) is 12.8 Å². The van der Waals surface area contributed by atoms with Gasteiger partial charge in [0.2, 0.25) is 0 Å². The molecule has 6 nitrogen and oxygen atoms in total. The number of amides is 1. The first-order valence-electron chi connectivity index (χ1n) is 9.26. The molecule has 0 spiro atoms. The monoisotopic (exact) mass is 383 g/mol. The van der Waals surface area contributed by atoms with Gasteiger partial charge in [0.25, 0.3) is 5.91 Å².